The Balaban J connectivity index is 2.55. The van der Waals surface area contributed by atoms with Crippen LogP contribution in [0.15, 0.2) is 24.3 Å². The van der Waals surface area contributed by atoms with Gasteiger partial charge in [-0.3, -0.25) is 4.89 Å². The molecule has 0 saturated heterocycles. The molecule has 0 aliphatic rings. The van der Waals surface area contributed by atoms with Gasteiger partial charge < -0.3 is 4.18 Å². The molecule has 0 N–H and O–H groups in total. The Labute approximate surface area is 174 Å². The van der Waals surface area contributed by atoms with Gasteiger partial charge in [0, 0.05) is 16.5 Å². The van der Waals surface area contributed by atoms with E-state index in [1.807, 2.05) is 6.92 Å². The van der Waals surface area contributed by atoms with Gasteiger partial charge in [-0.05, 0) is 30.4 Å². The summed E-state index contributed by atoms with van der Waals surface area (Å²) in [6.07, 6.45) is -2.18. The van der Waals surface area contributed by atoms with Crippen LogP contribution in [-0.2, 0) is 31.1 Å². The highest BCUT2D eigenvalue weighted by Crippen LogP contribution is 2.38. The molecular formula is C19H19F5O6S. The minimum atomic E-state index is -6.10. The summed E-state index contributed by atoms with van der Waals surface area (Å²) >= 11 is 0. The number of benzene rings is 2. The van der Waals surface area contributed by atoms with Crippen molar-refractivity contribution in [3.05, 3.63) is 41.0 Å². The molecule has 0 fully saturated rings. The Morgan fingerprint density at radius 2 is 1.84 bits per heavy atom. The molecule has 0 atom stereocenters. The predicted octanol–water partition coefficient (Wildman–Crippen LogP) is 5.13. The van der Waals surface area contributed by atoms with Crippen molar-refractivity contribution < 1.29 is 49.1 Å². The molecule has 0 spiro atoms. The molecule has 172 valence electrons. The van der Waals surface area contributed by atoms with E-state index in [1.165, 1.54) is 13.0 Å². The summed E-state index contributed by atoms with van der Waals surface area (Å²) in [5, 5.41) is -0.184. The number of carbonyl (C=O) groups is 1. The second kappa shape index (κ2) is 9.77. The van der Waals surface area contributed by atoms with Gasteiger partial charge in [-0.2, -0.15) is 26.5 Å². The van der Waals surface area contributed by atoms with Crippen molar-refractivity contribution >= 4 is 26.9 Å². The van der Waals surface area contributed by atoms with Gasteiger partial charge in [-0.25, -0.2) is 13.6 Å². The van der Waals surface area contributed by atoms with Crippen LogP contribution in [0.25, 0.3) is 10.8 Å². The van der Waals surface area contributed by atoms with Gasteiger partial charge in [0.25, 0.3) is 6.43 Å². The zero-order chi connectivity index (χ0) is 23.4. The highest BCUT2D eigenvalue weighted by atomic mass is 32.2. The number of unbranched alkanes of at least 4 members (excludes halogenated alkanes) is 1. The van der Waals surface area contributed by atoms with Crippen LogP contribution in [0.4, 0.5) is 22.0 Å². The number of halogens is 5. The molecule has 2 rings (SSSR count). The van der Waals surface area contributed by atoms with E-state index in [1.54, 1.807) is 0 Å². The first kappa shape index (κ1) is 24.8. The molecule has 31 heavy (non-hydrogen) atoms. The van der Waals surface area contributed by atoms with Crippen molar-refractivity contribution in [3.8, 4) is 5.75 Å². The molecule has 0 saturated carbocycles. The first-order valence-electron chi connectivity index (χ1n) is 9.04. The molecule has 0 aliphatic carbocycles. The van der Waals surface area contributed by atoms with Crippen LogP contribution in [0.2, 0.25) is 0 Å². The molecule has 0 bridgehead atoms. The quantitative estimate of drug-likeness (QED) is 0.126. The number of carbonyl (C=O) groups excluding carboxylic acids is 1. The maximum atomic E-state index is 13.0. The van der Waals surface area contributed by atoms with Gasteiger partial charge in [-0.1, -0.05) is 31.5 Å². The van der Waals surface area contributed by atoms with Gasteiger partial charge in [-0.15, -0.1) is 0 Å². The molecule has 0 radical (unpaired) electrons. The van der Waals surface area contributed by atoms with Crippen molar-refractivity contribution in [2.75, 3.05) is 6.61 Å². The van der Waals surface area contributed by atoms with E-state index in [4.69, 9.17) is 4.89 Å². The Kier molecular flexibility index (Phi) is 7.82. The van der Waals surface area contributed by atoms with E-state index in [0.717, 1.165) is 24.6 Å². The average molecular weight is 470 g/mol. The largest absolute Gasteiger partial charge is 0.534 e. The van der Waals surface area contributed by atoms with Crippen molar-refractivity contribution in [1.29, 1.82) is 0 Å². The topological polar surface area (TPSA) is 78.9 Å². The minimum absolute atomic E-state index is 0.0130. The van der Waals surface area contributed by atoms with E-state index in [0.29, 0.717) is 6.42 Å². The first-order chi connectivity index (χ1) is 14.4. The molecule has 12 heteroatoms. The summed E-state index contributed by atoms with van der Waals surface area (Å²) in [6, 6.07) is 4.25. The van der Waals surface area contributed by atoms with E-state index in [9.17, 15) is 35.2 Å². The van der Waals surface area contributed by atoms with Crippen LogP contribution < -0.4 is 4.18 Å². The number of alkyl halides is 5. The molecule has 6 nitrogen and oxygen atoms in total. The Morgan fingerprint density at radius 3 is 2.42 bits per heavy atom. The lowest BCUT2D eigenvalue weighted by molar-refractivity contribution is -0.272. The van der Waals surface area contributed by atoms with E-state index in [-0.39, 0.29) is 28.5 Å². The third-order valence-corrected chi connectivity index (χ3v) is 5.18. The highest BCUT2D eigenvalue weighted by Gasteiger charge is 2.49. The van der Waals surface area contributed by atoms with Crippen LogP contribution in [0, 0.1) is 6.92 Å². The maximum Gasteiger partial charge on any atom is 0.534 e. The fourth-order valence-electron chi connectivity index (χ4n) is 2.66. The molecule has 2 aromatic rings. The number of fused-ring (bicyclic) bond motifs is 1. The lowest BCUT2D eigenvalue weighted by atomic mass is 9.97. The maximum absolute atomic E-state index is 13.0. The van der Waals surface area contributed by atoms with Crippen LogP contribution in [0.1, 0.15) is 42.9 Å². The fourth-order valence-corrected chi connectivity index (χ4v) is 3.17. The predicted molar refractivity (Wildman–Crippen MR) is 99.9 cm³/mol. The van der Waals surface area contributed by atoms with Crippen LogP contribution in [0.3, 0.4) is 0 Å². The number of hydrogen-bond acceptors (Lipinski definition) is 6. The molecular weight excluding hydrogens is 451 g/mol. The highest BCUT2D eigenvalue weighted by molar-refractivity contribution is 7.88. The van der Waals surface area contributed by atoms with Crippen molar-refractivity contribution in [1.82, 2.24) is 0 Å². The summed E-state index contributed by atoms with van der Waals surface area (Å²) in [6.45, 7) is 3.33. The minimum Gasteiger partial charge on any atom is -0.375 e. The van der Waals surface area contributed by atoms with E-state index >= 15 is 0 Å². The van der Waals surface area contributed by atoms with E-state index in [2.05, 4.69) is 9.07 Å². The fraction of sp³-hybridized carbons (Fsp3) is 0.421. The van der Waals surface area contributed by atoms with Gasteiger partial charge in [0.05, 0.1) is 13.0 Å². The van der Waals surface area contributed by atoms with Gasteiger partial charge in [0.1, 0.15) is 0 Å². The molecule has 0 aliphatic heterocycles. The van der Waals surface area contributed by atoms with Crippen LogP contribution in [0.5, 0.6) is 5.75 Å². The Bertz CT molecular complexity index is 1050. The summed E-state index contributed by atoms with van der Waals surface area (Å²) in [7, 11) is -6.10. The van der Waals surface area contributed by atoms with E-state index < -0.39 is 45.8 Å². The number of hydrogen-bond donors (Lipinski definition) is 0. The van der Waals surface area contributed by atoms with Crippen molar-refractivity contribution in [3.63, 3.8) is 0 Å². The Morgan fingerprint density at radius 1 is 1.16 bits per heavy atom. The molecule has 0 heterocycles. The SMILES string of the molecule is CCCCOOC(=O)Cc1c(C)cc2cc(C(F)F)ccc2c1OS(=O)(=O)C(F)(F)F. The van der Waals surface area contributed by atoms with Crippen LogP contribution >= 0.6 is 0 Å². The summed E-state index contributed by atoms with van der Waals surface area (Å²) in [5.74, 6) is -1.80. The zero-order valence-electron chi connectivity index (χ0n) is 16.5. The summed E-state index contributed by atoms with van der Waals surface area (Å²) in [4.78, 5) is 21.3. The second-order valence-corrected chi connectivity index (χ2v) is 8.11. The van der Waals surface area contributed by atoms with Crippen molar-refractivity contribution in [2.45, 2.75) is 45.0 Å². The monoisotopic (exact) mass is 470 g/mol. The lowest BCUT2D eigenvalue weighted by Crippen LogP contribution is -2.28. The van der Waals surface area contributed by atoms with Gasteiger partial charge >= 0.3 is 21.6 Å². The zero-order valence-corrected chi connectivity index (χ0v) is 17.3. The molecule has 0 unspecified atom stereocenters. The lowest BCUT2D eigenvalue weighted by Gasteiger charge is -2.17. The third kappa shape index (κ3) is 6.03. The first-order valence-corrected chi connectivity index (χ1v) is 10.5. The Hall–Kier alpha value is -2.47. The van der Waals surface area contributed by atoms with Crippen molar-refractivity contribution in [2.24, 2.45) is 0 Å². The standard InChI is InChI=1S/C19H19F5O6S/c1-3-4-7-28-29-16(25)10-15-11(2)8-13-9-12(18(20)21)5-6-14(13)17(15)30-31(26,27)19(22,23)24/h5-6,8-9,18H,3-4,7,10H2,1-2H3. The van der Waals surface area contributed by atoms with Gasteiger partial charge in [0.15, 0.2) is 5.75 Å². The molecule has 2 aromatic carbocycles. The smallest absolute Gasteiger partial charge is 0.375 e. The normalized spacial score (nSPS) is 12.4. The number of aryl methyl sites for hydroxylation is 1. The second-order valence-electron chi connectivity index (χ2n) is 6.57. The van der Waals surface area contributed by atoms with Gasteiger partial charge in [0.2, 0.25) is 0 Å². The van der Waals surface area contributed by atoms with Crippen LogP contribution in [-0.4, -0.2) is 26.5 Å². The average Bonchev–Trinajstić information content (AvgIpc) is 2.66. The molecule has 0 aromatic heterocycles. The molecule has 0 amide bonds. The summed E-state index contributed by atoms with van der Waals surface area (Å²) < 4.78 is 92.3. The summed E-state index contributed by atoms with van der Waals surface area (Å²) in [5.41, 5.74) is -6.24. The third-order valence-electron chi connectivity index (χ3n) is 4.23. The number of rotatable bonds is 9.